The van der Waals surface area contributed by atoms with Gasteiger partial charge in [-0.3, -0.25) is 0 Å². The van der Waals surface area contributed by atoms with Crippen LogP contribution in [0.4, 0.5) is 13.2 Å². The zero-order chi connectivity index (χ0) is 10.6. The van der Waals surface area contributed by atoms with Crippen molar-refractivity contribution in [2.75, 3.05) is 6.61 Å². The van der Waals surface area contributed by atoms with Gasteiger partial charge in [-0.1, -0.05) is 11.8 Å². The van der Waals surface area contributed by atoms with Crippen molar-refractivity contribution < 1.29 is 18.3 Å². The largest absolute Gasteiger partial charge is 0.395 e. The van der Waals surface area contributed by atoms with Gasteiger partial charge in [-0.2, -0.15) is 0 Å². The summed E-state index contributed by atoms with van der Waals surface area (Å²) in [6.07, 6.45) is 0.165. The lowest BCUT2D eigenvalue weighted by molar-refractivity contribution is 0.305. The number of hydrogen-bond acceptors (Lipinski definition) is 1. The molecule has 0 heterocycles. The first kappa shape index (κ1) is 10.6. The molecule has 0 fully saturated rings. The van der Waals surface area contributed by atoms with Gasteiger partial charge in [0.25, 0.3) is 0 Å². The normalized spacial score (nSPS) is 9.43. The van der Waals surface area contributed by atoms with Gasteiger partial charge in [0.1, 0.15) is 5.82 Å². The molecule has 0 unspecified atom stereocenters. The maximum absolute atomic E-state index is 12.9. The highest BCUT2D eigenvalue weighted by molar-refractivity contribution is 5.36. The van der Waals surface area contributed by atoms with Crippen LogP contribution in [0.15, 0.2) is 12.1 Å². The van der Waals surface area contributed by atoms with Gasteiger partial charge in [0, 0.05) is 12.5 Å². The van der Waals surface area contributed by atoms with Gasteiger partial charge < -0.3 is 5.11 Å². The summed E-state index contributed by atoms with van der Waals surface area (Å²) in [6.45, 7) is -0.154. The van der Waals surface area contributed by atoms with Crippen LogP contribution in [0.1, 0.15) is 12.0 Å². The average Bonchev–Trinajstić information content (AvgIpc) is 2.14. The van der Waals surface area contributed by atoms with Gasteiger partial charge in [0.05, 0.1) is 12.2 Å². The van der Waals surface area contributed by atoms with E-state index >= 15 is 0 Å². The van der Waals surface area contributed by atoms with E-state index in [1.54, 1.807) is 0 Å². The van der Waals surface area contributed by atoms with E-state index in [4.69, 9.17) is 5.11 Å². The van der Waals surface area contributed by atoms with Crippen LogP contribution in [0, 0.1) is 29.3 Å². The fourth-order valence-corrected chi connectivity index (χ4v) is 0.832. The molecule has 0 saturated heterocycles. The Bertz CT molecular complexity index is 390. The van der Waals surface area contributed by atoms with Crippen LogP contribution in [0.5, 0.6) is 0 Å². The molecule has 0 bridgehead atoms. The standard InChI is InChI=1S/C10H7F3O/c11-8-6-10(13)9(12)5-7(8)3-1-2-4-14/h5-6,14H,2,4H2. The van der Waals surface area contributed by atoms with Crippen LogP contribution in [0.3, 0.4) is 0 Å². The summed E-state index contributed by atoms with van der Waals surface area (Å²) >= 11 is 0. The molecule has 4 heteroatoms. The van der Waals surface area contributed by atoms with Gasteiger partial charge in [-0.25, -0.2) is 13.2 Å². The topological polar surface area (TPSA) is 20.2 Å². The van der Waals surface area contributed by atoms with Gasteiger partial charge in [-0.15, -0.1) is 0 Å². The summed E-state index contributed by atoms with van der Waals surface area (Å²) in [4.78, 5) is 0. The molecule has 0 amide bonds. The first-order valence-electron chi connectivity index (χ1n) is 3.89. The lowest BCUT2D eigenvalue weighted by Crippen LogP contribution is -1.91. The number of rotatable bonds is 1. The second kappa shape index (κ2) is 4.68. The maximum atomic E-state index is 12.9. The van der Waals surface area contributed by atoms with E-state index in [0.717, 1.165) is 0 Å². The first-order chi connectivity index (χ1) is 6.65. The zero-order valence-corrected chi connectivity index (χ0v) is 7.15. The van der Waals surface area contributed by atoms with Crippen LogP contribution in [0.25, 0.3) is 0 Å². The minimum atomic E-state index is -1.24. The molecule has 0 aliphatic heterocycles. The molecule has 0 spiro atoms. The van der Waals surface area contributed by atoms with E-state index in [1.165, 1.54) is 0 Å². The van der Waals surface area contributed by atoms with E-state index in [1.807, 2.05) is 0 Å². The lowest BCUT2D eigenvalue weighted by Gasteiger charge is -1.95. The molecule has 1 aromatic carbocycles. The predicted octanol–water partition coefficient (Wildman–Crippen LogP) is 1.84. The Morgan fingerprint density at radius 1 is 1.07 bits per heavy atom. The molecule has 1 nitrogen and oxygen atoms in total. The molecule has 0 aliphatic rings. The van der Waals surface area contributed by atoms with Crippen molar-refractivity contribution in [1.82, 2.24) is 0 Å². The van der Waals surface area contributed by atoms with Crippen molar-refractivity contribution in [3.8, 4) is 11.8 Å². The van der Waals surface area contributed by atoms with Crippen molar-refractivity contribution in [3.05, 3.63) is 35.1 Å². The van der Waals surface area contributed by atoms with Crippen molar-refractivity contribution in [2.45, 2.75) is 6.42 Å². The second-order valence-electron chi connectivity index (χ2n) is 2.52. The predicted molar refractivity (Wildman–Crippen MR) is 44.9 cm³/mol. The highest BCUT2D eigenvalue weighted by Crippen LogP contribution is 2.12. The summed E-state index contributed by atoms with van der Waals surface area (Å²) in [7, 11) is 0. The fraction of sp³-hybridized carbons (Fsp3) is 0.200. The molecule has 0 atom stereocenters. The summed E-state index contributed by atoms with van der Waals surface area (Å²) < 4.78 is 37.9. The molecule has 1 aromatic rings. The van der Waals surface area contributed by atoms with E-state index in [-0.39, 0.29) is 18.6 Å². The third-order valence-electron chi connectivity index (χ3n) is 1.47. The van der Waals surface area contributed by atoms with Crippen LogP contribution < -0.4 is 0 Å². The molecule has 74 valence electrons. The monoisotopic (exact) mass is 200 g/mol. The van der Waals surface area contributed by atoms with Gasteiger partial charge in [0.2, 0.25) is 0 Å². The second-order valence-corrected chi connectivity index (χ2v) is 2.52. The van der Waals surface area contributed by atoms with Gasteiger partial charge in [0.15, 0.2) is 11.6 Å². The number of halogens is 3. The maximum Gasteiger partial charge on any atom is 0.161 e. The van der Waals surface area contributed by atoms with Crippen molar-refractivity contribution >= 4 is 0 Å². The van der Waals surface area contributed by atoms with Crippen LogP contribution in [0.2, 0.25) is 0 Å². The third-order valence-corrected chi connectivity index (χ3v) is 1.47. The van der Waals surface area contributed by atoms with E-state index in [0.29, 0.717) is 12.1 Å². The van der Waals surface area contributed by atoms with Crippen molar-refractivity contribution in [2.24, 2.45) is 0 Å². The summed E-state index contributed by atoms with van der Waals surface area (Å²) in [5.74, 6) is 1.41. The Hall–Kier alpha value is -1.47. The number of benzene rings is 1. The van der Waals surface area contributed by atoms with E-state index < -0.39 is 17.5 Å². The molecular weight excluding hydrogens is 193 g/mol. The van der Waals surface area contributed by atoms with Crippen LogP contribution >= 0.6 is 0 Å². The lowest BCUT2D eigenvalue weighted by atomic mass is 10.2. The number of aliphatic hydroxyl groups excluding tert-OH is 1. The van der Waals surface area contributed by atoms with Gasteiger partial charge >= 0.3 is 0 Å². The third kappa shape index (κ3) is 2.51. The Morgan fingerprint density at radius 2 is 1.71 bits per heavy atom. The Balaban J connectivity index is 3.00. The molecule has 1 N–H and O–H groups in total. The van der Waals surface area contributed by atoms with Crippen LogP contribution in [-0.4, -0.2) is 11.7 Å². The minimum Gasteiger partial charge on any atom is -0.395 e. The summed E-state index contributed by atoms with van der Waals surface area (Å²) in [5.41, 5.74) is -0.211. The first-order valence-corrected chi connectivity index (χ1v) is 3.89. The Morgan fingerprint density at radius 3 is 2.36 bits per heavy atom. The summed E-state index contributed by atoms with van der Waals surface area (Å²) in [6, 6.07) is 1.13. The zero-order valence-electron chi connectivity index (χ0n) is 7.15. The number of aliphatic hydroxyl groups is 1. The Kier molecular flexibility index (Phi) is 3.55. The highest BCUT2D eigenvalue weighted by Gasteiger charge is 2.07. The molecule has 0 radical (unpaired) electrons. The molecule has 0 saturated carbocycles. The quantitative estimate of drug-likeness (QED) is 0.541. The smallest absolute Gasteiger partial charge is 0.161 e. The van der Waals surface area contributed by atoms with Crippen LogP contribution in [-0.2, 0) is 0 Å². The molecule has 14 heavy (non-hydrogen) atoms. The van der Waals surface area contributed by atoms with Gasteiger partial charge in [-0.05, 0) is 6.07 Å². The molecule has 0 aliphatic carbocycles. The highest BCUT2D eigenvalue weighted by atomic mass is 19.2. The SMILES string of the molecule is OCCC#Cc1cc(F)c(F)cc1F. The number of hydrogen-bond donors (Lipinski definition) is 1. The fourth-order valence-electron chi connectivity index (χ4n) is 0.832. The minimum absolute atomic E-state index is 0.154. The molecular formula is C10H7F3O. The van der Waals surface area contributed by atoms with E-state index in [9.17, 15) is 13.2 Å². The summed E-state index contributed by atoms with van der Waals surface area (Å²) in [5, 5.41) is 8.38. The Labute approximate surface area is 79.2 Å². The average molecular weight is 200 g/mol. The van der Waals surface area contributed by atoms with Crippen molar-refractivity contribution in [1.29, 1.82) is 0 Å². The molecule has 0 aromatic heterocycles. The van der Waals surface area contributed by atoms with E-state index in [2.05, 4.69) is 11.8 Å². The molecule has 1 rings (SSSR count). The van der Waals surface area contributed by atoms with Crippen molar-refractivity contribution in [3.63, 3.8) is 0 Å².